The van der Waals surface area contributed by atoms with Gasteiger partial charge in [0.15, 0.2) is 11.6 Å². The van der Waals surface area contributed by atoms with Crippen molar-refractivity contribution < 1.29 is 27.8 Å². The Morgan fingerprint density at radius 3 is 1.57 bits per heavy atom. The fraction of sp³-hybridized carbons (Fsp3) is 0.542. The third-order valence-electron chi connectivity index (χ3n) is 13.6. The van der Waals surface area contributed by atoms with E-state index in [1.165, 1.54) is 45.7 Å². The number of rotatable bonds is 12. The lowest BCUT2D eigenvalue weighted by molar-refractivity contribution is 0.00578. The minimum atomic E-state index is -0.265. The zero-order valence-electron chi connectivity index (χ0n) is 42.1. The van der Waals surface area contributed by atoms with Crippen LogP contribution in [0.2, 0.25) is 0 Å². The molecule has 0 amide bonds. The lowest BCUT2D eigenvalue weighted by Gasteiger charge is -2.33. The van der Waals surface area contributed by atoms with Gasteiger partial charge in [-0.3, -0.25) is 0 Å². The van der Waals surface area contributed by atoms with Crippen LogP contribution in [0.25, 0.3) is 32.0 Å². The van der Waals surface area contributed by atoms with Crippen molar-refractivity contribution in [1.29, 1.82) is 0 Å². The van der Waals surface area contributed by atoms with Gasteiger partial charge in [0.1, 0.15) is 37.5 Å². The minimum absolute atomic E-state index is 0.0807. The van der Waals surface area contributed by atoms with Crippen LogP contribution in [0.5, 0.6) is 10.4 Å². The summed E-state index contributed by atoms with van der Waals surface area (Å²) in [5.74, 6) is 3.00. The van der Waals surface area contributed by atoms with Crippen molar-refractivity contribution in [3.63, 3.8) is 0 Å². The predicted molar refractivity (Wildman–Crippen MR) is 288 cm³/mol. The molecule has 382 valence electrons. The highest BCUT2D eigenvalue weighted by Gasteiger charge is 2.52. The van der Waals surface area contributed by atoms with Crippen molar-refractivity contribution in [1.82, 2.24) is 49.0 Å². The largest absolute Gasteiger partial charge is 0.497 e. The lowest BCUT2D eigenvalue weighted by atomic mass is 9.82. The Hall–Kier alpha value is -4.72. The van der Waals surface area contributed by atoms with E-state index in [-0.39, 0.29) is 42.4 Å². The average molecular weight is 1120 g/mol. The summed E-state index contributed by atoms with van der Waals surface area (Å²) in [6.07, 6.45) is 7.89. The Bertz CT molecular complexity index is 2970. The molecule has 0 aromatic carbocycles. The van der Waals surface area contributed by atoms with E-state index in [9.17, 15) is 0 Å². The zero-order valence-corrected chi connectivity index (χ0v) is 47.0. The van der Waals surface area contributed by atoms with E-state index in [0.29, 0.717) is 34.3 Å². The van der Waals surface area contributed by atoms with E-state index in [1.807, 2.05) is 68.9 Å². The molecule has 2 unspecified atom stereocenters. The number of pyridine rings is 2. The molecular weight excluding hydrogens is 1060 g/mol. The highest BCUT2D eigenvalue weighted by Crippen LogP contribution is 2.37. The Kier molecular flexibility index (Phi) is 16.2. The Labute approximate surface area is 444 Å². The van der Waals surface area contributed by atoms with Crippen LogP contribution >= 0.6 is 61.7 Å². The third-order valence-corrected chi connectivity index (χ3v) is 16.9. The van der Waals surface area contributed by atoms with E-state index in [2.05, 4.69) is 111 Å². The van der Waals surface area contributed by atoms with E-state index < -0.39 is 0 Å². The Morgan fingerprint density at radius 1 is 0.625 bits per heavy atom. The number of hydrogen-bond donors (Lipinski definition) is 0. The Balaban J connectivity index is 0.000000142. The summed E-state index contributed by atoms with van der Waals surface area (Å²) in [5.41, 5.74) is 4.17. The van der Waals surface area contributed by atoms with Crippen LogP contribution in [0.4, 0.5) is 12.0 Å². The fourth-order valence-corrected chi connectivity index (χ4v) is 11.5. The van der Waals surface area contributed by atoms with Crippen molar-refractivity contribution in [2.45, 2.75) is 130 Å². The number of ether oxygens (including phenoxy) is 2. The van der Waals surface area contributed by atoms with Gasteiger partial charge in [-0.05, 0) is 142 Å². The number of piperidine rings is 2. The van der Waals surface area contributed by atoms with Crippen LogP contribution in [0.1, 0.15) is 118 Å². The fourth-order valence-electron chi connectivity index (χ4n) is 8.28. The van der Waals surface area contributed by atoms with Crippen LogP contribution in [0.15, 0.2) is 61.1 Å². The van der Waals surface area contributed by atoms with Crippen LogP contribution in [-0.2, 0) is 9.31 Å². The molecule has 3 fully saturated rings. The highest BCUT2D eigenvalue weighted by molar-refractivity contribution is 9.10. The van der Waals surface area contributed by atoms with E-state index in [4.69, 9.17) is 32.8 Å². The summed E-state index contributed by atoms with van der Waals surface area (Å²) >= 11 is 9.22. The molecule has 0 N–H and O–H groups in total. The van der Waals surface area contributed by atoms with Crippen LogP contribution in [0.3, 0.4) is 0 Å². The van der Waals surface area contributed by atoms with Crippen LogP contribution in [0, 0.1) is 11.8 Å². The van der Waals surface area contributed by atoms with Gasteiger partial charge in [-0.25, -0.2) is 28.7 Å². The van der Waals surface area contributed by atoms with Gasteiger partial charge in [0.05, 0.1) is 23.1 Å². The summed E-state index contributed by atoms with van der Waals surface area (Å²) in [5, 5.41) is 13.5. The first-order valence-corrected chi connectivity index (χ1v) is 28.4. The second-order valence-corrected chi connectivity index (χ2v) is 23.9. The van der Waals surface area contributed by atoms with Gasteiger partial charge in [0.25, 0.3) is 10.4 Å². The Morgan fingerprint density at radius 2 is 1.11 bits per heavy atom. The maximum Gasteiger partial charge on any atom is 0.497 e. The second-order valence-electron chi connectivity index (χ2n) is 19.9. The molecule has 0 saturated carbocycles. The molecule has 2 atom stereocenters. The first-order chi connectivity index (χ1) is 34.5. The first kappa shape index (κ1) is 52.2. The van der Waals surface area contributed by atoms with Gasteiger partial charge in [0.2, 0.25) is 0 Å². The molecule has 0 spiro atoms. The SMILES string of the molecule is CC(C)c1noc(N2CCC(C(C)Oc3nc4ccc(-c5cnsc5)nc4s3)CC2)n1.CC(C)c1noc(N2CCC(C(C)Oc3nc4ccc(Br)nc4s3)CC2)n1.CC1(C)OB(c2cnsc2)OC1(C)C. The topological polar surface area (TPSA) is 199 Å². The number of fused-ring (bicyclic) bond motifs is 2. The molecule has 18 nitrogen and oxygen atoms in total. The van der Waals surface area contributed by atoms with E-state index in [0.717, 1.165) is 106 Å². The van der Waals surface area contributed by atoms with Crippen molar-refractivity contribution in [2.75, 3.05) is 36.0 Å². The molecule has 3 saturated heterocycles. The maximum atomic E-state index is 6.23. The minimum Gasteiger partial charge on any atom is -0.467 e. The molecule has 0 radical (unpaired) electrons. The van der Waals surface area contributed by atoms with Gasteiger partial charge in [0, 0.05) is 66.0 Å². The number of hydrogen-bond acceptors (Lipinski definition) is 22. The summed E-state index contributed by atoms with van der Waals surface area (Å²) in [7, 11) is -0.265. The molecule has 24 heteroatoms. The maximum absolute atomic E-state index is 6.23. The molecule has 11 rings (SSSR count). The molecule has 3 aliphatic heterocycles. The number of thiazole rings is 2. The molecular formula is C48H60BBrN12O6S4. The van der Waals surface area contributed by atoms with Crippen molar-refractivity contribution in [2.24, 2.45) is 11.8 Å². The quantitative estimate of drug-likeness (QED) is 0.0825. The number of nitrogens with zero attached hydrogens (tertiary/aromatic N) is 12. The number of anilines is 2. The molecule has 0 bridgehead atoms. The summed E-state index contributed by atoms with van der Waals surface area (Å²) in [4.78, 5) is 33.5. The number of aromatic nitrogens is 10. The summed E-state index contributed by atoms with van der Waals surface area (Å²) in [6.45, 7) is 24.3. The second kappa shape index (κ2) is 22.4. The van der Waals surface area contributed by atoms with Crippen molar-refractivity contribution in [3.05, 3.63) is 63.7 Å². The molecule has 0 aliphatic carbocycles. The van der Waals surface area contributed by atoms with E-state index in [1.54, 1.807) is 6.20 Å². The summed E-state index contributed by atoms with van der Waals surface area (Å²) in [6, 6.07) is 9.09. The average Bonchev–Trinajstić information content (AvgIpc) is 4.21. The standard InChI is InChI=1S/C21H24N6O2S2.C18H22BrN5O2S.C9H14BNO2S/c1-12(2)18-25-20(29-26-18)27-8-6-14(7-9-27)13(3)28-21-24-17-5-4-16(23-19(17)31-21)15-10-22-30-11-15;1-10(2)15-22-17(26-23-15)24-8-6-12(7-9-24)11(3)25-18-20-13-4-5-14(19)21-16(13)27-18;1-8(2)9(3,4)13-10(12-8)7-5-11-14-6-7/h4-5,10-14H,6-9H2,1-3H3;4-5,10-12H,6-9H2,1-3H3;5-6H,1-4H3. The van der Waals surface area contributed by atoms with Crippen molar-refractivity contribution in [3.8, 4) is 21.6 Å². The van der Waals surface area contributed by atoms with Crippen molar-refractivity contribution >= 4 is 107 Å². The molecule has 8 aromatic heterocycles. The third kappa shape index (κ3) is 12.3. The lowest BCUT2D eigenvalue weighted by Crippen LogP contribution is -2.41. The van der Waals surface area contributed by atoms with Crippen LogP contribution in [-0.4, -0.2) is 106 Å². The molecule has 3 aliphatic rings. The van der Waals surface area contributed by atoms with Crippen LogP contribution < -0.4 is 24.7 Å². The van der Waals surface area contributed by atoms with E-state index >= 15 is 0 Å². The smallest absolute Gasteiger partial charge is 0.467 e. The first-order valence-electron chi connectivity index (χ1n) is 24.3. The van der Waals surface area contributed by atoms with Gasteiger partial charge < -0.3 is 37.6 Å². The normalized spacial score (nSPS) is 18.1. The van der Waals surface area contributed by atoms with Gasteiger partial charge in [-0.1, -0.05) is 60.7 Å². The van der Waals surface area contributed by atoms with Gasteiger partial charge in [-0.15, -0.1) is 0 Å². The monoisotopic (exact) mass is 1120 g/mol. The zero-order chi connectivity index (χ0) is 50.7. The molecule has 72 heavy (non-hydrogen) atoms. The predicted octanol–water partition coefficient (Wildman–Crippen LogP) is 11.1. The molecule has 11 heterocycles. The number of halogens is 1. The van der Waals surface area contributed by atoms with Gasteiger partial charge >= 0.3 is 19.1 Å². The molecule has 8 aromatic rings. The highest BCUT2D eigenvalue weighted by atomic mass is 79.9. The summed E-state index contributed by atoms with van der Waals surface area (Å²) < 4.78 is 43.9. The van der Waals surface area contributed by atoms with Gasteiger partial charge in [-0.2, -0.15) is 9.97 Å².